The molecule has 1 aliphatic carbocycles. The maximum Gasteiger partial charge on any atom is 0.314 e. The molecule has 0 aromatic rings. The van der Waals surface area contributed by atoms with E-state index in [1.165, 1.54) is 0 Å². The van der Waals surface area contributed by atoms with Gasteiger partial charge in [-0.25, -0.2) is 0 Å². The van der Waals surface area contributed by atoms with Crippen molar-refractivity contribution in [3.05, 3.63) is 11.3 Å². The minimum atomic E-state index is -1.42. The molecular weight excluding hydrogens is 268 g/mol. The number of ketones is 1. The normalized spacial score (nSPS) is 26.8. The van der Waals surface area contributed by atoms with Crippen LogP contribution in [0.1, 0.15) is 40.5 Å². The maximum atomic E-state index is 12.4. The quantitative estimate of drug-likeness (QED) is 0.576. The Morgan fingerprint density at radius 3 is 2.25 bits per heavy atom. The molecule has 0 heterocycles. The van der Waals surface area contributed by atoms with Gasteiger partial charge in [0.15, 0.2) is 0 Å². The first-order valence-corrected chi connectivity index (χ1v) is 10.9. The SMILES string of the molecule is C[C@@H]1C/C(=C\[Si](C)(C)C)[C@H](C(=O)OC(C)(C)C)CC1=O. The van der Waals surface area contributed by atoms with Crippen LogP contribution in [0.15, 0.2) is 11.3 Å². The predicted octanol–water partition coefficient (Wildman–Crippen LogP) is 3.75. The molecule has 0 aromatic carbocycles. The number of carbonyl (C=O) groups excluding carboxylic acids is 2. The smallest absolute Gasteiger partial charge is 0.314 e. The molecule has 20 heavy (non-hydrogen) atoms. The fourth-order valence-corrected chi connectivity index (χ4v) is 3.90. The molecule has 1 rings (SSSR count). The van der Waals surface area contributed by atoms with Gasteiger partial charge in [-0.2, -0.15) is 0 Å². The molecule has 1 saturated carbocycles. The van der Waals surface area contributed by atoms with E-state index in [4.69, 9.17) is 4.74 Å². The van der Waals surface area contributed by atoms with Crippen LogP contribution in [0.25, 0.3) is 0 Å². The van der Waals surface area contributed by atoms with E-state index in [0.717, 1.165) is 5.57 Å². The minimum Gasteiger partial charge on any atom is -0.459 e. The van der Waals surface area contributed by atoms with Gasteiger partial charge in [-0.1, -0.05) is 37.8 Å². The number of hydrogen-bond donors (Lipinski definition) is 0. The van der Waals surface area contributed by atoms with Crippen LogP contribution in [0.3, 0.4) is 0 Å². The van der Waals surface area contributed by atoms with E-state index < -0.39 is 13.7 Å². The van der Waals surface area contributed by atoms with Crippen molar-refractivity contribution in [2.75, 3.05) is 0 Å². The summed E-state index contributed by atoms with van der Waals surface area (Å²) in [5.74, 6) is -0.420. The van der Waals surface area contributed by atoms with E-state index in [1.54, 1.807) is 0 Å². The summed E-state index contributed by atoms with van der Waals surface area (Å²) in [7, 11) is -1.42. The molecular formula is C16H28O3Si. The Kier molecular flexibility index (Phi) is 5.01. The average molecular weight is 296 g/mol. The van der Waals surface area contributed by atoms with Gasteiger partial charge in [0.2, 0.25) is 0 Å². The van der Waals surface area contributed by atoms with Gasteiger partial charge in [0, 0.05) is 12.3 Å². The van der Waals surface area contributed by atoms with Gasteiger partial charge in [0.05, 0.1) is 14.0 Å². The third kappa shape index (κ3) is 5.23. The summed E-state index contributed by atoms with van der Waals surface area (Å²) in [6.45, 7) is 14.3. The van der Waals surface area contributed by atoms with Crippen LogP contribution >= 0.6 is 0 Å². The van der Waals surface area contributed by atoms with Gasteiger partial charge in [-0.3, -0.25) is 9.59 Å². The lowest BCUT2D eigenvalue weighted by atomic mass is 9.78. The van der Waals surface area contributed by atoms with E-state index in [1.807, 2.05) is 27.7 Å². The Balaban J connectivity index is 3.02. The maximum absolute atomic E-state index is 12.4. The molecule has 0 aliphatic heterocycles. The summed E-state index contributed by atoms with van der Waals surface area (Å²) in [6, 6.07) is 0. The molecule has 3 nitrogen and oxygen atoms in total. The molecule has 2 atom stereocenters. The van der Waals surface area contributed by atoms with Crippen molar-refractivity contribution in [2.24, 2.45) is 11.8 Å². The first-order chi connectivity index (χ1) is 8.89. The van der Waals surface area contributed by atoms with Crippen molar-refractivity contribution in [3.63, 3.8) is 0 Å². The lowest BCUT2D eigenvalue weighted by Crippen LogP contribution is -2.36. The topological polar surface area (TPSA) is 43.4 Å². The third-order valence-corrected chi connectivity index (χ3v) is 4.49. The van der Waals surface area contributed by atoms with Gasteiger partial charge in [0.1, 0.15) is 11.4 Å². The highest BCUT2D eigenvalue weighted by molar-refractivity contribution is 6.81. The van der Waals surface area contributed by atoms with Crippen LogP contribution in [-0.2, 0) is 14.3 Å². The second-order valence-electron chi connectivity index (χ2n) is 7.95. The zero-order chi connectivity index (χ0) is 15.7. The highest BCUT2D eigenvalue weighted by atomic mass is 28.3. The molecule has 4 heteroatoms. The van der Waals surface area contributed by atoms with Crippen molar-refractivity contribution in [2.45, 2.75) is 65.8 Å². The highest BCUT2D eigenvalue weighted by Crippen LogP contribution is 2.34. The van der Waals surface area contributed by atoms with Crippen LogP contribution in [0, 0.1) is 11.8 Å². The molecule has 0 radical (unpaired) electrons. The number of carbonyl (C=O) groups is 2. The van der Waals surface area contributed by atoms with Crippen LogP contribution in [0.2, 0.25) is 19.6 Å². The summed E-state index contributed by atoms with van der Waals surface area (Å²) < 4.78 is 5.49. The van der Waals surface area contributed by atoms with Crippen LogP contribution in [0.4, 0.5) is 0 Å². The van der Waals surface area contributed by atoms with E-state index in [-0.39, 0.29) is 23.6 Å². The van der Waals surface area contributed by atoms with Crippen molar-refractivity contribution >= 4 is 19.8 Å². The number of rotatable bonds is 2. The number of Topliss-reactive ketones (excluding diaryl/α,β-unsaturated/α-hetero) is 1. The number of hydrogen-bond acceptors (Lipinski definition) is 3. The molecule has 0 N–H and O–H groups in total. The molecule has 0 saturated heterocycles. The van der Waals surface area contributed by atoms with E-state index >= 15 is 0 Å². The molecule has 114 valence electrons. The van der Waals surface area contributed by atoms with Crippen LogP contribution in [0.5, 0.6) is 0 Å². The fraction of sp³-hybridized carbons (Fsp3) is 0.750. The summed E-state index contributed by atoms with van der Waals surface area (Å²) in [5, 5.41) is 0. The van der Waals surface area contributed by atoms with Crippen LogP contribution in [-0.4, -0.2) is 25.4 Å². The summed E-state index contributed by atoms with van der Waals surface area (Å²) in [5.41, 5.74) is 2.88. The van der Waals surface area contributed by atoms with E-state index in [0.29, 0.717) is 12.8 Å². The van der Waals surface area contributed by atoms with E-state index in [2.05, 4.69) is 25.3 Å². The zero-order valence-corrected chi connectivity index (χ0v) is 14.9. The first-order valence-electron chi connectivity index (χ1n) is 7.36. The summed E-state index contributed by atoms with van der Waals surface area (Å²) in [6.07, 6.45) is 0.999. The highest BCUT2D eigenvalue weighted by Gasteiger charge is 2.37. The largest absolute Gasteiger partial charge is 0.459 e. The van der Waals surface area contributed by atoms with Gasteiger partial charge < -0.3 is 4.74 Å². The zero-order valence-electron chi connectivity index (χ0n) is 13.9. The van der Waals surface area contributed by atoms with Gasteiger partial charge >= 0.3 is 5.97 Å². The summed E-state index contributed by atoms with van der Waals surface area (Å²) >= 11 is 0. The standard InChI is InChI=1S/C16H28O3Si/c1-11-8-12(10-20(5,6)7)13(9-14(11)17)15(18)19-16(2,3)4/h10-11,13H,8-9H2,1-7H3/b12-10+/t11-,13-/m1/s1. The van der Waals surface area contributed by atoms with Gasteiger partial charge in [-0.15, -0.1) is 0 Å². The lowest BCUT2D eigenvalue weighted by molar-refractivity contribution is -0.160. The van der Waals surface area contributed by atoms with Crippen molar-refractivity contribution in [3.8, 4) is 0 Å². The average Bonchev–Trinajstić information content (AvgIpc) is 2.18. The molecule has 0 unspecified atom stereocenters. The Labute approximate surface area is 123 Å². The predicted molar refractivity (Wildman–Crippen MR) is 84.2 cm³/mol. The second kappa shape index (κ2) is 5.84. The Bertz CT molecular complexity index is 424. The molecule has 1 fully saturated rings. The Hall–Kier alpha value is -0.903. The van der Waals surface area contributed by atoms with Gasteiger partial charge in [-0.05, 0) is 27.2 Å². The number of esters is 1. The third-order valence-electron chi connectivity index (χ3n) is 3.25. The van der Waals surface area contributed by atoms with Gasteiger partial charge in [0.25, 0.3) is 0 Å². The van der Waals surface area contributed by atoms with Crippen molar-refractivity contribution < 1.29 is 14.3 Å². The molecule has 0 aromatic heterocycles. The Morgan fingerprint density at radius 1 is 1.25 bits per heavy atom. The lowest BCUT2D eigenvalue weighted by Gasteiger charge is -2.31. The van der Waals surface area contributed by atoms with Crippen molar-refractivity contribution in [1.82, 2.24) is 0 Å². The van der Waals surface area contributed by atoms with Crippen LogP contribution < -0.4 is 0 Å². The second-order valence-corrected chi connectivity index (χ2v) is 13.0. The first kappa shape index (κ1) is 17.1. The monoisotopic (exact) mass is 296 g/mol. The van der Waals surface area contributed by atoms with E-state index in [9.17, 15) is 9.59 Å². The number of ether oxygens (including phenoxy) is 1. The van der Waals surface area contributed by atoms with Crippen molar-refractivity contribution in [1.29, 1.82) is 0 Å². The summed E-state index contributed by atoms with van der Waals surface area (Å²) in [4.78, 5) is 24.3. The fourth-order valence-electron chi connectivity index (χ4n) is 2.47. The molecule has 0 bridgehead atoms. The molecule has 1 aliphatic rings. The molecule has 0 amide bonds. The molecule has 0 spiro atoms. The Morgan fingerprint density at radius 2 is 1.80 bits per heavy atom. The minimum absolute atomic E-state index is 0.0243.